The zero-order valence-electron chi connectivity index (χ0n) is 9.18. The number of hydrogen-bond acceptors (Lipinski definition) is 4. The number of aromatic hydroxyl groups is 1. The topological polar surface area (TPSA) is 87.8 Å². The van der Waals surface area contributed by atoms with Crippen LogP contribution < -0.4 is 5.73 Å². The van der Waals surface area contributed by atoms with Crippen molar-refractivity contribution < 1.29 is 5.11 Å². The highest BCUT2D eigenvalue weighted by molar-refractivity contribution is 9.10. The van der Waals surface area contributed by atoms with Gasteiger partial charge in [-0.05, 0) is 30.3 Å². The number of phenols is 1. The van der Waals surface area contributed by atoms with E-state index in [1.54, 1.807) is 24.3 Å². The highest BCUT2D eigenvalue weighted by Crippen LogP contribution is 2.30. The Morgan fingerprint density at radius 1 is 1.17 bits per heavy atom. The average Bonchev–Trinajstić information content (AvgIpc) is 2.74. The van der Waals surface area contributed by atoms with Gasteiger partial charge >= 0.3 is 0 Å². The summed E-state index contributed by atoms with van der Waals surface area (Å²) in [6, 6.07) is 8.66. The summed E-state index contributed by atoms with van der Waals surface area (Å²) in [6.07, 6.45) is 0. The van der Waals surface area contributed by atoms with Crippen molar-refractivity contribution >= 4 is 32.9 Å². The summed E-state index contributed by atoms with van der Waals surface area (Å²) in [4.78, 5) is 11.5. The van der Waals surface area contributed by atoms with E-state index in [9.17, 15) is 5.11 Å². The number of aromatic amines is 1. The molecular weight excluding hydrogens is 296 g/mol. The number of anilines is 1. The van der Waals surface area contributed by atoms with Crippen molar-refractivity contribution in [1.82, 2.24) is 15.0 Å². The second-order valence-electron chi connectivity index (χ2n) is 3.85. The molecule has 0 saturated heterocycles. The molecular formula is C12H9BrN4O. The summed E-state index contributed by atoms with van der Waals surface area (Å²) in [5.74, 6) is 1.13. The van der Waals surface area contributed by atoms with E-state index in [2.05, 4.69) is 30.9 Å². The van der Waals surface area contributed by atoms with Gasteiger partial charge in [0.15, 0.2) is 5.65 Å². The van der Waals surface area contributed by atoms with Gasteiger partial charge in [0.2, 0.25) is 0 Å². The van der Waals surface area contributed by atoms with Crippen LogP contribution in [0.1, 0.15) is 0 Å². The molecule has 0 saturated carbocycles. The minimum absolute atomic E-state index is 0.158. The van der Waals surface area contributed by atoms with Gasteiger partial charge in [-0.2, -0.15) is 0 Å². The van der Waals surface area contributed by atoms with Gasteiger partial charge in [0.25, 0.3) is 0 Å². The summed E-state index contributed by atoms with van der Waals surface area (Å²) in [6.45, 7) is 0. The van der Waals surface area contributed by atoms with Crippen molar-refractivity contribution in [1.29, 1.82) is 0 Å². The average molecular weight is 305 g/mol. The van der Waals surface area contributed by atoms with Crippen molar-refractivity contribution in [2.75, 3.05) is 5.73 Å². The molecule has 0 radical (unpaired) electrons. The van der Waals surface area contributed by atoms with Gasteiger partial charge in [-0.3, -0.25) is 0 Å². The molecule has 5 nitrogen and oxygen atoms in total. The number of nitrogens with two attached hydrogens (primary N) is 1. The number of rotatable bonds is 1. The van der Waals surface area contributed by atoms with Gasteiger partial charge in [0, 0.05) is 4.47 Å². The van der Waals surface area contributed by atoms with Crippen LogP contribution in [-0.2, 0) is 0 Å². The van der Waals surface area contributed by atoms with Crippen molar-refractivity contribution in [2.24, 2.45) is 0 Å². The fourth-order valence-electron chi connectivity index (χ4n) is 1.73. The van der Waals surface area contributed by atoms with E-state index in [0.717, 1.165) is 9.99 Å². The SMILES string of the molecule is Nc1ccc2[nH]c(-c3cc(Br)ccc3O)nc2n1. The van der Waals surface area contributed by atoms with Gasteiger partial charge < -0.3 is 15.8 Å². The van der Waals surface area contributed by atoms with Crippen molar-refractivity contribution in [3.8, 4) is 17.1 Å². The Hall–Kier alpha value is -2.08. The van der Waals surface area contributed by atoms with E-state index in [0.29, 0.717) is 22.9 Å². The Labute approximate surface area is 111 Å². The van der Waals surface area contributed by atoms with E-state index in [1.165, 1.54) is 0 Å². The monoisotopic (exact) mass is 304 g/mol. The van der Waals surface area contributed by atoms with E-state index < -0.39 is 0 Å². The summed E-state index contributed by atoms with van der Waals surface area (Å²) < 4.78 is 0.864. The van der Waals surface area contributed by atoms with Gasteiger partial charge in [-0.15, -0.1) is 0 Å². The lowest BCUT2D eigenvalue weighted by Gasteiger charge is -2.01. The number of hydrogen-bond donors (Lipinski definition) is 3. The molecule has 3 aromatic rings. The maximum absolute atomic E-state index is 9.84. The molecule has 6 heteroatoms. The number of imidazole rings is 1. The van der Waals surface area contributed by atoms with Crippen LogP contribution >= 0.6 is 15.9 Å². The predicted octanol–water partition coefficient (Wildman–Crippen LogP) is 2.68. The van der Waals surface area contributed by atoms with Gasteiger partial charge in [0.05, 0.1) is 11.1 Å². The Bertz CT molecular complexity index is 738. The first-order chi connectivity index (χ1) is 8.63. The first-order valence-corrected chi connectivity index (χ1v) is 6.04. The molecule has 0 aliphatic rings. The minimum atomic E-state index is 0.158. The third-order valence-corrected chi connectivity index (χ3v) is 3.07. The Morgan fingerprint density at radius 2 is 2.00 bits per heavy atom. The second-order valence-corrected chi connectivity index (χ2v) is 4.77. The lowest BCUT2D eigenvalue weighted by molar-refractivity contribution is 0.477. The van der Waals surface area contributed by atoms with Crippen LogP contribution in [-0.4, -0.2) is 20.1 Å². The summed E-state index contributed by atoms with van der Waals surface area (Å²) in [5.41, 5.74) is 7.52. The van der Waals surface area contributed by atoms with E-state index in [4.69, 9.17) is 5.73 Å². The molecule has 0 aliphatic heterocycles. The highest BCUT2D eigenvalue weighted by Gasteiger charge is 2.10. The number of aromatic nitrogens is 3. The number of halogens is 1. The lowest BCUT2D eigenvalue weighted by Crippen LogP contribution is -1.88. The fourth-order valence-corrected chi connectivity index (χ4v) is 2.09. The van der Waals surface area contributed by atoms with Crippen LogP contribution in [0.25, 0.3) is 22.6 Å². The fraction of sp³-hybridized carbons (Fsp3) is 0. The van der Waals surface area contributed by atoms with E-state index >= 15 is 0 Å². The van der Waals surface area contributed by atoms with Crippen LogP contribution in [0, 0.1) is 0 Å². The number of nitrogens with zero attached hydrogens (tertiary/aromatic N) is 2. The first-order valence-electron chi connectivity index (χ1n) is 5.24. The highest BCUT2D eigenvalue weighted by atomic mass is 79.9. The minimum Gasteiger partial charge on any atom is -0.507 e. The van der Waals surface area contributed by atoms with Crippen molar-refractivity contribution in [2.45, 2.75) is 0 Å². The zero-order valence-corrected chi connectivity index (χ0v) is 10.8. The molecule has 0 spiro atoms. The van der Waals surface area contributed by atoms with Crippen LogP contribution in [0.2, 0.25) is 0 Å². The maximum atomic E-state index is 9.84. The smallest absolute Gasteiger partial charge is 0.180 e. The number of nitrogens with one attached hydrogen (secondary N) is 1. The quantitative estimate of drug-likeness (QED) is 0.645. The third kappa shape index (κ3) is 1.80. The Kier molecular flexibility index (Phi) is 2.45. The molecule has 2 heterocycles. The standard InChI is InChI=1S/C12H9BrN4O/c13-6-1-3-9(18)7(5-6)11-15-8-2-4-10(14)16-12(8)17-11/h1-5,18H,(H3,14,15,16,17). The molecule has 0 aliphatic carbocycles. The van der Waals surface area contributed by atoms with E-state index in [-0.39, 0.29) is 5.75 Å². The van der Waals surface area contributed by atoms with Crippen LogP contribution in [0.15, 0.2) is 34.8 Å². The number of nitrogen functional groups attached to an aromatic ring is 1. The molecule has 18 heavy (non-hydrogen) atoms. The molecule has 3 rings (SSSR count). The summed E-state index contributed by atoms with van der Waals surface area (Å²) in [5, 5.41) is 9.84. The molecule has 1 aromatic carbocycles. The molecule has 4 N–H and O–H groups in total. The zero-order chi connectivity index (χ0) is 12.7. The second kappa shape index (κ2) is 3.99. The molecule has 0 atom stereocenters. The first kappa shape index (κ1) is 11.0. The summed E-state index contributed by atoms with van der Waals surface area (Å²) in [7, 11) is 0. The van der Waals surface area contributed by atoms with Crippen LogP contribution in [0.5, 0.6) is 5.75 Å². The molecule has 0 fully saturated rings. The lowest BCUT2D eigenvalue weighted by atomic mass is 10.2. The van der Waals surface area contributed by atoms with Gasteiger partial charge in [-0.1, -0.05) is 15.9 Å². The number of pyridine rings is 1. The van der Waals surface area contributed by atoms with Gasteiger partial charge in [0.1, 0.15) is 17.4 Å². The van der Waals surface area contributed by atoms with Crippen molar-refractivity contribution in [3.05, 3.63) is 34.8 Å². The van der Waals surface area contributed by atoms with Crippen LogP contribution in [0.4, 0.5) is 5.82 Å². The van der Waals surface area contributed by atoms with Gasteiger partial charge in [-0.25, -0.2) is 9.97 Å². The molecule has 0 unspecified atom stereocenters. The third-order valence-electron chi connectivity index (χ3n) is 2.58. The maximum Gasteiger partial charge on any atom is 0.180 e. The predicted molar refractivity (Wildman–Crippen MR) is 73.1 cm³/mol. The molecule has 0 amide bonds. The summed E-state index contributed by atoms with van der Waals surface area (Å²) >= 11 is 3.36. The number of H-pyrrole nitrogens is 1. The Balaban J connectivity index is 2.22. The van der Waals surface area contributed by atoms with Crippen LogP contribution in [0.3, 0.4) is 0 Å². The number of fused-ring (bicyclic) bond motifs is 1. The normalized spacial score (nSPS) is 10.9. The molecule has 0 bridgehead atoms. The number of benzene rings is 1. The molecule has 90 valence electrons. The Morgan fingerprint density at radius 3 is 2.83 bits per heavy atom. The number of phenolic OH excluding ortho intramolecular Hbond substituents is 1. The molecule has 2 aromatic heterocycles. The largest absolute Gasteiger partial charge is 0.507 e. The van der Waals surface area contributed by atoms with Crippen molar-refractivity contribution in [3.63, 3.8) is 0 Å². The van der Waals surface area contributed by atoms with E-state index in [1.807, 2.05) is 6.07 Å².